The first-order valence-corrected chi connectivity index (χ1v) is 11.6. The SMILES string of the molecule is CCOC(=O)C1=C(C)N=c2sc(=Cc3cccc([N+](=O)[O-])c3)c(=O)n2C1c1ccc(Br)cc1. The van der Waals surface area contributed by atoms with E-state index in [1.54, 1.807) is 32.1 Å². The average Bonchev–Trinajstić information content (AvgIpc) is 3.08. The molecule has 2 aromatic carbocycles. The molecule has 0 spiro atoms. The zero-order valence-corrected chi connectivity index (χ0v) is 20.1. The molecule has 3 aromatic rings. The van der Waals surface area contributed by atoms with Gasteiger partial charge in [0.15, 0.2) is 4.80 Å². The average molecular weight is 528 g/mol. The standard InChI is InChI=1S/C23H18BrN3O5S/c1-3-32-22(29)19-13(2)25-23-26(20(19)15-7-9-16(24)10-8-15)21(28)18(33-23)12-14-5-4-6-17(11-14)27(30)31/h4-12,20H,3H2,1-2H3. The van der Waals surface area contributed by atoms with Crippen LogP contribution in [0.2, 0.25) is 0 Å². The Bertz CT molecular complexity index is 1470. The summed E-state index contributed by atoms with van der Waals surface area (Å²) in [5.74, 6) is -0.528. The van der Waals surface area contributed by atoms with Crippen molar-refractivity contribution < 1.29 is 14.5 Å². The van der Waals surface area contributed by atoms with Crippen LogP contribution in [-0.2, 0) is 9.53 Å². The Hall–Kier alpha value is -3.37. The van der Waals surface area contributed by atoms with Gasteiger partial charge in [0.05, 0.1) is 33.4 Å². The van der Waals surface area contributed by atoms with Crippen LogP contribution >= 0.6 is 27.3 Å². The predicted molar refractivity (Wildman–Crippen MR) is 128 cm³/mol. The second kappa shape index (κ2) is 9.24. The summed E-state index contributed by atoms with van der Waals surface area (Å²) in [5, 5.41) is 11.1. The number of fused-ring (bicyclic) bond motifs is 1. The molecule has 2 heterocycles. The van der Waals surface area contributed by atoms with E-state index in [4.69, 9.17) is 4.74 Å². The Morgan fingerprint density at radius 3 is 2.70 bits per heavy atom. The molecule has 0 saturated heterocycles. The number of hydrogen-bond acceptors (Lipinski definition) is 7. The highest BCUT2D eigenvalue weighted by Gasteiger charge is 2.33. The molecular weight excluding hydrogens is 510 g/mol. The number of nitro groups is 1. The Morgan fingerprint density at radius 1 is 1.30 bits per heavy atom. The minimum absolute atomic E-state index is 0.0651. The van der Waals surface area contributed by atoms with E-state index in [1.165, 1.54) is 28.0 Å². The van der Waals surface area contributed by atoms with Crippen molar-refractivity contribution in [2.24, 2.45) is 4.99 Å². The number of carbonyl (C=O) groups excluding carboxylic acids is 1. The molecule has 1 aromatic heterocycles. The molecule has 33 heavy (non-hydrogen) atoms. The number of hydrogen-bond donors (Lipinski definition) is 0. The third kappa shape index (κ3) is 4.44. The number of carbonyl (C=O) groups is 1. The second-order valence-corrected chi connectivity index (χ2v) is 9.13. The normalized spacial score (nSPS) is 15.7. The van der Waals surface area contributed by atoms with Crippen molar-refractivity contribution in [3.05, 3.63) is 105 Å². The first-order valence-electron chi connectivity index (χ1n) is 9.99. The third-order valence-corrected chi connectivity index (χ3v) is 6.59. The number of halogens is 1. The Morgan fingerprint density at radius 2 is 2.03 bits per heavy atom. The molecule has 0 amide bonds. The summed E-state index contributed by atoms with van der Waals surface area (Å²) in [7, 11) is 0. The van der Waals surface area contributed by atoms with Gasteiger partial charge in [0.2, 0.25) is 0 Å². The van der Waals surface area contributed by atoms with E-state index in [9.17, 15) is 19.7 Å². The minimum atomic E-state index is -0.708. The van der Waals surface area contributed by atoms with E-state index in [-0.39, 0.29) is 17.9 Å². The molecule has 1 atom stereocenters. The molecule has 0 radical (unpaired) electrons. The van der Waals surface area contributed by atoms with Crippen molar-refractivity contribution in [1.29, 1.82) is 0 Å². The zero-order chi connectivity index (χ0) is 23.7. The van der Waals surface area contributed by atoms with Gasteiger partial charge in [0.1, 0.15) is 0 Å². The fourth-order valence-corrected chi connectivity index (χ4v) is 4.94. The highest BCUT2D eigenvalue weighted by Crippen LogP contribution is 2.31. The first kappa shape index (κ1) is 22.8. The largest absolute Gasteiger partial charge is 0.463 e. The molecule has 1 unspecified atom stereocenters. The van der Waals surface area contributed by atoms with Crippen LogP contribution in [0, 0.1) is 10.1 Å². The summed E-state index contributed by atoms with van der Waals surface area (Å²) in [5.41, 5.74) is 1.63. The van der Waals surface area contributed by atoms with E-state index in [2.05, 4.69) is 20.9 Å². The summed E-state index contributed by atoms with van der Waals surface area (Å²) in [6.45, 7) is 3.63. The van der Waals surface area contributed by atoms with Gasteiger partial charge in [-0.05, 0) is 43.2 Å². The van der Waals surface area contributed by atoms with Crippen LogP contribution in [0.4, 0.5) is 5.69 Å². The topological polar surface area (TPSA) is 104 Å². The zero-order valence-electron chi connectivity index (χ0n) is 17.6. The van der Waals surface area contributed by atoms with Crippen LogP contribution < -0.4 is 14.9 Å². The van der Waals surface area contributed by atoms with Crippen molar-refractivity contribution in [2.45, 2.75) is 19.9 Å². The summed E-state index contributed by atoms with van der Waals surface area (Å²) < 4.78 is 7.97. The van der Waals surface area contributed by atoms with Crippen LogP contribution in [0.1, 0.15) is 31.0 Å². The van der Waals surface area contributed by atoms with E-state index in [0.717, 1.165) is 10.0 Å². The molecular formula is C23H18BrN3O5S. The monoisotopic (exact) mass is 527 g/mol. The first-order chi connectivity index (χ1) is 15.8. The van der Waals surface area contributed by atoms with Gasteiger partial charge in [-0.25, -0.2) is 9.79 Å². The highest BCUT2D eigenvalue weighted by atomic mass is 79.9. The molecule has 1 aliphatic rings. The van der Waals surface area contributed by atoms with Gasteiger partial charge in [-0.1, -0.05) is 51.5 Å². The molecule has 168 valence electrons. The van der Waals surface area contributed by atoms with E-state index in [0.29, 0.717) is 26.2 Å². The summed E-state index contributed by atoms with van der Waals surface area (Å²) in [6, 6.07) is 12.7. The van der Waals surface area contributed by atoms with Gasteiger partial charge < -0.3 is 4.74 Å². The van der Waals surface area contributed by atoms with Crippen molar-refractivity contribution in [2.75, 3.05) is 6.61 Å². The predicted octanol–water partition coefficient (Wildman–Crippen LogP) is 3.47. The third-order valence-electron chi connectivity index (χ3n) is 5.08. The molecule has 0 bridgehead atoms. The number of nitro benzene ring substituents is 1. The maximum absolute atomic E-state index is 13.5. The minimum Gasteiger partial charge on any atom is -0.463 e. The number of rotatable bonds is 5. The lowest BCUT2D eigenvalue weighted by Gasteiger charge is -2.24. The highest BCUT2D eigenvalue weighted by molar-refractivity contribution is 9.10. The lowest BCUT2D eigenvalue weighted by Crippen LogP contribution is -2.39. The van der Waals surface area contributed by atoms with Gasteiger partial charge in [0, 0.05) is 16.6 Å². The number of benzene rings is 2. The summed E-state index contributed by atoms with van der Waals surface area (Å²) >= 11 is 4.58. The molecule has 0 fully saturated rings. The van der Waals surface area contributed by atoms with E-state index < -0.39 is 16.9 Å². The van der Waals surface area contributed by atoms with Crippen LogP contribution in [-0.4, -0.2) is 22.1 Å². The summed E-state index contributed by atoms with van der Waals surface area (Å²) in [6.07, 6.45) is 1.60. The number of allylic oxidation sites excluding steroid dienone is 1. The Balaban J connectivity index is 1.94. The summed E-state index contributed by atoms with van der Waals surface area (Å²) in [4.78, 5) is 41.9. The fraction of sp³-hybridized carbons (Fsp3) is 0.174. The van der Waals surface area contributed by atoms with Crippen LogP contribution in [0.15, 0.2) is 74.1 Å². The lowest BCUT2D eigenvalue weighted by molar-refractivity contribution is -0.384. The van der Waals surface area contributed by atoms with Crippen molar-refractivity contribution in [3.8, 4) is 0 Å². The maximum atomic E-state index is 13.5. The van der Waals surface area contributed by atoms with Crippen molar-refractivity contribution in [1.82, 2.24) is 4.57 Å². The van der Waals surface area contributed by atoms with Gasteiger partial charge in [0.25, 0.3) is 11.2 Å². The van der Waals surface area contributed by atoms with Gasteiger partial charge >= 0.3 is 5.97 Å². The maximum Gasteiger partial charge on any atom is 0.338 e. The Kier molecular flexibility index (Phi) is 6.39. The fourth-order valence-electron chi connectivity index (χ4n) is 3.63. The second-order valence-electron chi connectivity index (χ2n) is 7.21. The van der Waals surface area contributed by atoms with Crippen molar-refractivity contribution >= 4 is 45.0 Å². The molecule has 8 nitrogen and oxygen atoms in total. The van der Waals surface area contributed by atoms with Gasteiger partial charge in [-0.2, -0.15) is 0 Å². The van der Waals surface area contributed by atoms with Crippen LogP contribution in [0.5, 0.6) is 0 Å². The molecule has 0 aliphatic carbocycles. The van der Waals surface area contributed by atoms with Crippen molar-refractivity contribution in [3.63, 3.8) is 0 Å². The number of nitrogens with zero attached hydrogens (tertiary/aromatic N) is 3. The molecule has 0 N–H and O–H groups in total. The number of thiazole rings is 1. The number of ether oxygens (including phenoxy) is 1. The number of non-ortho nitro benzene ring substituents is 1. The number of aromatic nitrogens is 1. The van der Waals surface area contributed by atoms with Gasteiger partial charge in [-0.3, -0.25) is 19.5 Å². The molecule has 4 rings (SSSR count). The molecule has 0 saturated carbocycles. The lowest BCUT2D eigenvalue weighted by atomic mass is 9.96. The Labute approximate surface area is 200 Å². The van der Waals surface area contributed by atoms with Crippen LogP contribution in [0.3, 0.4) is 0 Å². The van der Waals surface area contributed by atoms with E-state index >= 15 is 0 Å². The van der Waals surface area contributed by atoms with E-state index in [1.807, 2.05) is 24.3 Å². The van der Waals surface area contributed by atoms with Crippen LogP contribution in [0.25, 0.3) is 6.08 Å². The molecule has 10 heteroatoms. The quantitative estimate of drug-likeness (QED) is 0.287. The smallest absolute Gasteiger partial charge is 0.338 e. The van der Waals surface area contributed by atoms with Gasteiger partial charge in [-0.15, -0.1) is 0 Å². The molecule has 1 aliphatic heterocycles. The number of esters is 1.